The summed E-state index contributed by atoms with van der Waals surface area (Å²) in [6.45, 7) is 0.513. The molecular weight excluding hydrogens is 342 g/mol. The van der Waals surface area contributed by atoms with Crippen LogP contribution >= 0.6 is 11.6 Å². The summed E-state index contributed by atoms with van der Waals surface area (Å²) in [5.74, 6) is 1.74. The van der Waals surface area contributed by atoms with Crippen molar-refractivity contribution in [2.75, 3.05) is 27.4 Å². The molecule has 2 aromatic carbocycles. The van der Waals surface area contributed by atoms with E-state index in [1.807, 2.05) is 30.3 Å². The van der Waals surface area contributed by atoms with Crippen LogP contribution in [0.2, 0.25) is 5.02 Å². The number of hydrogen-bond acceptors (Lipinski definition) is 4. The summed E-state index contributed by atoms with van der Waals surface area (Å²) in [6.07, 6.45) is 1.64. The second kappa shape index (κ2) is 9.79. The molecule has 0 unspecified atom stereocenters. The summed E-state index contributed by atoms with van der Waals surface area (Å²) in [5.41, 5.74) is 1.12. The third kappa shape index (κ3) is 5.87. The van der Waals surface area contributed by atoms with Crippen molar-refractivity contribution in [2.45, 2.75) is 12.8 Å². The van der Waals surface area contributed by atoms with E-state index in [2.05, 4.69) is 5.32 Å². The van der Waals surface area contributed by atoms with Crippen molar-refractivity contribution >= 4 is 17.5 Å². The average molecular weight is 364 g/mol. The number of carbonyl (C=O) groups is 1. The third-order valence-corrected chi connectivity index (χ3v) is 3.92. The first-order valence-electron chi connectivity index (χ1n) is 7.99. The van der Waals surface area contributed by atoms with Crippen LogP contribution < -0.4 is 19.5 Å². The molecule has 1 amide bonds. The molecule has 0 atom stereocenters. The highest BCUT2D eigenvalue weighted by molar-refractivity contribution is 6.32. The first-order chi connectivity index (χ1) is 12.1. The number of halogens is 1. The van der Waals surface area contributed by atoms with Crippen LogP contribution in [0.5, 0.6) is 17.2 Å². The van der Waals surface area contributed by atoms with Crippen molar-refractivity contribution in [2.24, 2.45) is 0 Å². The molecule has 0 bridgehead atoms. The SMILES string of the molecule is COc1ccc(CCCNC(=O)COc2ccccc2Cl)cc1OC. The number of nitrogens with one attached hydrogen (secondary N) is 1. The fraction of sp³-hybridized carbons (Fsp3) is 0.316. The van der Waals surface area contributed by atoms with Crippen LogP contribution in [0.3, 0.4) is 0 Å². The number of methoxy groups -OCH3 is 2. The molecule has 1 N–H and O–H groups in total. The number of rotatable bonds is 9. The number of benzene rings is 2. The average Bonchev–Trinajstić information content (AvgIpc) is 2.64. The van der Waals surface area contributed by atoms with Gasteiger partial charge >= 0.3 is 0 Å². The fourth-order valence-corrected chi connectivity index (χ4v) is 2.50. The van der Waals surface area contributed by atoms with Gasteiger partial charge in [-0.3, -0.25) is 4.79 Å². The maximum Gasteiger partial charge on any atom is 0.257 e. The minimum atomic E-state index is -0.174. The Labute approximate surface area is 152 Å². The molecule has 0 aliphatic carbocycles. The van der Waals surface area contributed by atoms with Gasteiger partial charge in [-0.05, 0) is 42.7 Å². The second-order valence-electron chi connectivity index (χ2n) is 5.36. The Bertz CT molecular complexity index is 706. The lowest BCUT2D eigenvalue weighted by Gasteiger charge is -2.10. The lowest BCUT2D eigenvalue weighted by molar-refractivity contribution is -0.123. The standard InChI is InChI=1S/C19H22ClNO4/c1-23-17-10-9-14(12-18(17)24-2)6-5-11-21-19(22)13-25-16-8-4-3-7-15(16)20/h3-4,7-10,12H,5-6,11,13H2,1-2H3,(H,21,22). The van der Waals surface area contributed by atoms with Crippen molar-refractivity contribution in [1.82, 2.24) is 5.32 Å². The minimum Gasteiger partial charge on any atom is -0.493 e. The van der Waals surface area contributed by atoms with Gasteiger partial charge < -0.3 is 19.5 Å². The van der Waals surface area contributed by atoms with Gasteiger partial charge in [-0.2, -0.15) is 0 Å². The third-order valence-electron chi connectivity index (χ3n) is 3.61. The van der Waals surface area contributed by atoms with Gasteiger partial charge in [-0.15, -0.1) is 0 Å². The lowest BCUT2D eigenvalue weighted by Crippen LogP contribution is -2.29. The molecule has 0 saturated heterocycles. The van der Waals surface area contributed by atoms with Crippen LogP contribution in [-0.4, -0.2) is 33.3 Å². The van der Waals surface area contributed by atoms with Crippen molar-refractivity contribution < 1.29 is 19.0 Å². The van der Waals surface area contributed by atoms with Crippen molar-refractivity contribution in [3.05, 3.63) is 53.1 Å². The van der Waals surface area contributed by atoms with Gasteiger partial charge in [0.25, 0.3) is 5.91 Å². The Morgan fingerprint density at radius 2 is 1.80 bits per heavy atom. The van der Waals surface area contributed by atoms with E-state index in [1.54, 1.807) is 26.4 Å². The number of carbonyl (C=O) groups excluding carboxylic acids is 1. The van der Waals surface area contributed by atoms with Gasteiger partial charge in [-0.25, -0.2) is 0 Å². The van der Waals surface area contributed by atoms with Gasteiger partial charge in [0, 0.05) is 6.54 Å². The Kier molecular flexibility index (Phi) is 7.41. The summed E-state index contributed by atoms with van der Waals surface area (Å²) in [6, 6.07) is 12.9. The fourth-order valence-electron chi connectivity index (χ4n) is 2.31. The van der Waals surface area contributed by atoms with E-state index in [-0.39, 0.29) is 12.5 Å². The van der Waals surface area contributed by atoms with E-state index in [1.165, 1.54) is 0 Å². The zero-order chi connectivity index (χ0) is 18.1. The van der Waals surface area contributed by atoms with E-state index >= 15 is 0 Å². The molecule has 6 heteroatoms. The molecule has 2 rings (SSSR count). The van der Waals surface area contributed by atoms with E-state index in [0.29, 0.717) is 28.8 Å². The van der Waals surface area contributed by atoms with Crippen LogP contribution in [0, 0.1) is 0 Å². The van der Waals surface area contributed by atoms with E-state index in [0.717, 1.165) is 18.4 Å². The Morgan fingerprint density at radius 1 is 1.04 bits per heavy atom. The quantitative estimate of drug-likeness (QED) is 0.693. The highest BCUT2D eigenvalue weighted by atomic mass is 35.5. The predicted octanol–water partition coefficient (Wildman–Crippen LogP) is 3.49. The normalized spacial score (nSPS) is 10.2. The highest BCUT2D eigenvalue weighted by Crippen LogP contribution is 2.27. The molecule has 0 heterocycles. The van der Waals surface area contributed by atoms with Crippen molar-refractivity contribution in [3.63, 3.8) is 0 Å². The van der Waals surface area contributed by atoms with E-state index in [9.17, 15) is 4.79 Å². The summed E-state index contributed by atoms with van der Waals surface area (Å²) >= 11 is 5.97. The topological polar surface area (TPSA) is 56.8 Å². The minimum absolute atomic E-state index is 0.0555. The summed E-state index contributed by atoms with van der Waals surface area (Å²) < 4.78 is 15.9. The maximum absolute atomic E-state index is 11.8. The monoisotopic (exact) mass is 363 g/mol. The molecule has 25 heavy (non-hydrogen) atoms. The molecule has 5 nitrogen and oxygen atoms in total. The first kappa shape index (κ1) is 18.9. The molecule has 0 fully saturated rings. The maximum atomic E-state index is 11.8. The van der Waals surface area contributed by atoms with Crippen molar-refractivity contribution in [1.29, 1.82) is 0 Å². The molecule has 0 aliphatic heterocycles. The summed E-state index contributed by atoms with van der Waals surface area (Å²) in [4.78, 5) is 11.8. The molecular formula is C19H22ClNO4. The summed E-state index contributed by atoms with van der Waals surface area (Å²) in [5, 5.41) is 3.32. The smallest absolute Gasteiger partial charge is 0.257 e. The Morgan fingerprint density at radius 3 is 2.52 bits per heavy atom. The van der Waals surface area contributed by atoms with Gasteiger partial charge in [0.2, 0.25) is 0 Å². The molecule has 2 aromatic rings. The molecule has 134 valence electrons. The second-order valence-corrected chi connectivity index (χ2v) is 5.77. The van der Waals surface area contributed by atoms with Crippen molar-refractivity contribution in [3.8, 4) is 17.2 Å². The molecule has 0 aromatic heterocycles. The first-order valence-corrected chi connectivity index (χ1v) is 8.36. The predicted molar refractivity (Wildman–Crippen MR) is 97.8 cm³/mol. The van der Waals surface area contributed by atoms with Gasteiger partial charge in [0.15, 0.2) is 18.1 Å². The molecule has 0 radical (unpaired) electrons. The Balaban J connectivity index is 1.70. The number of amides is 1. The zero-order valence-corrected chi connectivity index (χ0v) is 15.1. The largest absolute Gasteiger partial charge is 0.493 e. The van der Waals surface area contributed by atoms with Crippen LogP contribution in [0.1, 0.15) is 12.0 Å². The van der Waals surface area contributed by atoms with Gasteiger partial charge in [-0.1, -0.05) is 29.8 Å². The van der Waals surface area contributed by atoms with Crippen LogP contribution in [0.15, 0.2) is 42.5 Å². The van der Waals surface area contributed by atoms with Crippen LogP contribution in [0.4, 0.5) is 0 Å². The van der Waals surface area contributed by atoms with Crippen LogP contribution in [-0.2, 0) is 11.2 Å². The number of aryl methyl sites for hydroxylation is 1. The Hall–Kier alpha value is -2.40. The number of ether oxygens (including phenoxy) is 3. The number of para-hydroxylation sites is 1. The van der Waals surface area contributed by atoms with Crippen LogP contribution in [0.25, 0.3) is 0 Å². The van der Waals surface area contributed by atoms with Gasteiger partial charge in [0.05, 0.1) is 19.2 Å². The zero-order valence-electron chi connectivity index (χ0n) is 14.4. The summed E-state index contributed by atoms with van der Waals surface area (Å²) in [7, 11) is 3.22. The lowest BCUT2D eigenvalue weighted by atomic mass is 10.1. The molecule has 0 aliphatic rings. The molecule has 0 saturated carbocycles. The van der Waals surface area contributed by atoms with Gasteiger partial charge in [0.1, 0.15) is 5.75 Å². The molecule has 0 spiro atoms. The number of hydrogen-bond donors (Lipinski definition) is 1. The highest BCUT2D eigenvalue weighted by Gasteiger charge is 2.06. The van der Waals surface area contributed by atoms with E-state index < -0.39 is 0 Å². The van der Waals surface area contributed by atoms with E-state index in [4.69, 9.17) is 25.8 Å².